The number of nitrogens with zero attached hydrogens (tertiary/aromatic N) is 1. The van der Waals surface area contributed by atoms with E-state index in [-0.39, 0.29) is 23.7 Å². The molecule has 92 valence electrons. The number of methoxy groups -OCH3 is 1. The SMILES string of the molecule is CCOc1cc(C(=O)O)cc([N+](=O)[O-])c1OC. The highest BCUT2D eigenvalue weighted by atomic mass is 16.6. The number of hydrogen-bond donors (Lipinski definition) is 1. The second-order valence-corrected chi connectivity index (χ2v) is 3.02. The van der Waals surface area contributed by atoms with Crippen LogP contribution in [0.15, 0.2) is 12.1 Å². The maximum Gasteiger partial charge on any atom is 0.336 e. The molecule has 0 saturated heterocycles. The topological polar surface area (TPSA) is 98.9 Å². The van der Waals surface area contributed by atoms with Crippen molar-refractivity contribution in [3.8, 4) is 11.5 Å². The summed E-state index contributed by atoms with van der Waals surface area (Å²) in [6.07, 6.45) is 0. The van der Waals surface area contributed by atoms with Gasteiger partial charge in [-0.3, -0.25) is 10.1 Å². The Bertz CT molecular complexity index is 456. The Kier molecular flexibility index (Phi) is 3.86. The van der Waals surface area contributed by atoms with E-state index in [9.17, 15) is 14.9 Å². The highest BCUT2D eigenvalue weighted by molar-refractivity contribution is 5.90. The number of ether oxygens (including phenoxy) is 2. The first-order valence-corrected chi connectivity index (χ1v) is 4.73. The molecule has 0 fully saturated rings. The van der Waals surface area contributed by atoms with E-state index in [1.54, 1.807) is 6.92 Å². The van der Waals surface area contributed by atoms with Crippen molar-refractivity contribution in [2.75, 3.05) is 13.7 Å². The molecule has 0 spiro atoms. The first-order valence-electron chi connectivity index (χ1n) is 4.73. The lowest BCUT2D eigenvalue weighted by molar-refractivity contribution is -0.385. The van der Waals surface area contributed by atoms with Crippen molar-refractivity contribution < 1.29 is 24.3 Å². The molecule has 1 aromatic carbocycles. The van der Waals surface area contributed by atoms with E-state index in [1.807, 2.05) is 0 Å². The number of nitro benzene ring substituents is 1. The summed E-state index contributed by atoms with van der Waals surface area (Å²) in [5, 5.41) is 19.6. The van der Waals surface area contributed by atoms with Crippen LogP contribution in [0.4, 0.5) is 5.69 Å². The van der Waals surface area contributed by atoms with Crippen molar-refractivity contribution >= 4 is 11.7 Å². The zero-order valence-electron chi connectivity index (χ0n) is 9.30. The molecule has 0 unspecified atom stereocenters. The van der Waals surface area contributed by atoms with Crippen LogP contribution in [0.2, 0.25) is 0 Å². The monoisotopic (exact) mass is 241 g/mol. The van der Waals surface area contributed by atoms with Crippen molar-refractivity contribution in [2.24, 2.45) is 0 Å². The maximum absolute atomic E-state index is 10.8. The molecule has 7 heteroatoms. The number of carboxylic acids is 1. The summed E-state index contributed by atoms with van der Waals surface area (Å²) in [6, 6.07) is 2.13. The fourth-order valence-electron chi connectivity index (χ4n) is 1.31. The van der Waals surface area contributed by atoms with Gasteiger partial charge in [0.2, 0.25) is 5.75 Å². The summed E-state index contributed by atoms with van der Waals surface area (Å²) in [6.45, 7) is 1.93. The molecule has 0 aromatic heterocycles. The molecule has 0 saturated carbocycles. The van der Waals surface area contributed by atoms with E-state index in [1.165, 1.54) is 13.2 Å². The quantitative estimate of drug-likeness (QED) is 0.622. The first kappa shape index (κ1) is 12.8. The van der Waals surface area contributed by atoms with Gasteiger partial charge in [-0.2, -0.15) is 0 Å². The summed E-state index contributed by atoms with van der Waals surface area (Å²) >= 11 is 0. The predicted molar refractivity (Wildman–Crippen MR) is 57.8 cm³/mol. The molecule has 0 aliphatic carbocycles. The third kappa shape index (κ3) is 2.63. The predicted octanol–water partition coefficient (Wildman–Crippen LogP) is 1.70. The molecule has 0 radical (unpaired) electrons. The van der Waals surface area contributed by atoms with E-state index in [0.717, 1.165) is 6.07 Å². The molecule has 0 heterocycles. The van der Waals surface area contributed by atoms with E-state index < -0.39 is 16.6 Å². The second kappa shape index (κ2) is 5.15. The first-order chi connectivity index (χ1) is 8.01. The lowest BCUT2D eigenvalue weighted by Gasteiger charge is -2.10. The molecular formula is C10H11NO6. The molecule has 0 amide bonds. The summed E-state index contributed by atoms with van der Waals surface area (Å²) in [5.41, 5.74) is -0.656. The Morgan fingerprint density at radius 3 is 2.59 bits per heavy atom. The van der Waals surface area contributed by atoms with Crippen LogP contribution in [-0.4, -0.2) is 29.7 Å². The van der Waals surface area contributed by atoms with Crippen LogP contribution in [0.5, 0.6) is 11.5 Å². The molecular weight excluding hydrogens is 230 g/mol. The van der Waals surface area contributed by atoms with E-state index in [4.69, 9.17) is 14.6 Å². The Labute approximate surface area is 96.7 Å². The van der Waals surface area contributed by atoms with Crippen LogP contribution in [0, 0.1) is 10.1 Å². The van der Waals surface area contributed by atoms with Crippen molar-refractivity contribution in [1.29, 1.82) is 0 Å². The van der Waals surface area contributed by atoms with Gasteiger partial charge < -0.3 is 14.6 Å². The lowest BCUT2D eigenvalue weighted by Crippen LogP contribution is -2.04. The Balaban J connectivity index is 3.45. The van der Waals surface area contributed by atoms with Gasteiger partial charge >= 0.3 is 11.7 Å². The average Bonchev–Trinajstić information content (AvgIpc) is 2.28. The largest absolute Gasteiger partial charge is 0.490 e. The third-order valence-electron chi connectivity index (χ3n) is 1.98. The van der Waals surface area contributed by atoms with Gasteiger partial charge in [0.15, 0.2) is 5.75 Å². The fourth-order valence-corrected chi connectivity index (χ4v) is 1.31. The minimum Gasteiger partial charge on any atom is -0.490 e. The van der Waals surface area contributed by atoms with Gasteiger partial charge in [0.25, 0.3) is 0 Å². The van der Waals surface area contributed by atoms with Gasteiger partial charge in [0, 0.05) is 6.07 Å². The van der Waals surface area contributed by atoms with Crippen molar-refractivity contribution in [3.05, 3.63) is 27.8 Å². The normalized spacial score (nSPS) is 9.76. The maximum atomic E-state index is 10.8. The van der Waals surface area contributed by atoms with Gasteiger partial charge in [-0.15, -0.1) is 0 Å². The van der Waals surface area contributed by atoms with Gasteiger partial charge in [-0.05, 0) is 13.0 Å². The zero-order chi connectivity index (χ0) is 13.0. The third-order valence-corrected chi connectivity index (χ3v) is 1.98. The molecule has 1 aromatic rings. The zero-order valence-corrected chi connectivity index (χ0v) is 9.30. The number of benzene rings is 1. The van der Waals surface area contributed by atoms with Crippen LogP contribution < -0.4 is 9.47 Å². The minimum absolute atomic E-state index is 0.0431. The average molecular weight is 241 g/mol. The number of hydrogen-bond acceptors (Lipinski definition) is 5. The minimum atomic E-state index is -1.27. The summed E-state index contributed by atoms with van der Waals surface area (Å²) in [7, 11) is 1.26. The summed E-state index contributed by atoms with van der Waals surface area (Å²) < 4.78 is 9.98. The molecule has 1 N–H and O–H groups in total. The molecule has 1 rings (SSSR count). The molecule has 0 aliphatic rings. The number of aromatic carboxylic acids is 1. The number of carboxylic acid groups (broad SMARTS) is 1. The van der Waals surface area contributed by atoms with Gasteiger partial charge in [-0.25, -0.2) is 4.79 Å². The fraction of sp³-hybridized carbons (Fsp3) is 0.300. The van der Waals surface area contributed by atoms with Crippen molar-refractivity contribution in [1.82, 2.24) is 0 Å². The van der Waals surface area contributed by atoms with Crippen molar-refractivity contribution in [2.45, 2.75) is 6.92 Å². The van der Waals surface area contributed by atoms with Gasteiger partial charge in [-0.1, -0.05) is 0 Å². The molecule has 0 bridgehead atoms. The Morgan fingerprint density at radius 2 is 2.18 bits per heavy atom. The smallest absolute Gasteiger partial charge is 0.336 e. The molecule has 0 atom stereocenters. The molecule has 0 aliphatic heterocycles. The van der Waals surface area contributed by atoms with Crippen LogP contribution in [0.1, 0.15) is 17.3 Å². The highest BCUT2D eigenvalue weighted by Crippen LogP contribution is 2.38. The van der Waals surface area contributed by atoms with Gasteiger partial charge in [0.05, 0.1) is 24.2 Å². The van der Waals surface area contributed by atoms with E-state index in [0.29, 0.717) is 0 Å². The van der Waals surface area contributed by atoms with Crippen LogP contribution in [-0.2, 0) is 0 Å². The summed E-state index contributed by atoms with van der Waals surface area (Å²) in [5.74, 6) is -1.31. The van der Waals surface area contributed by atoms with Gasteiger partial charge in [0.1, 0.15) is 0 Å². The van der Waals surface area contributed by atoms with Crippen LogP contribution in [0.25, 0.3) is 0 Å². The number of nitro groups is 1. The second-order valence-electron chi connectivity index (χ2n) is 3.02. The van der Waals surface area contributed by atoms with Crippen LogP contribution >= 0.6 is 0 Å². The standard InChI is InChI=1S/C10H11NO6/c1-3-17-8-5-6(10(12)13)4-7(11(14)15)9(8)16-2/h4-5H,3H2,1-2H3,(H,12,13). The van der Waals surface area contributed by atoms with Crippen LogP contribution in [0.3, 0.4) is 0 Å². The number of carbonyl (C=O) groups is 1. The number of rotatable bonds is 5. The Morgan fingerprint density at radius 1 is 1.53 bits per heavy atom. The highest BCUT2D eigenvalue weighted by Gasteiger charge is 2.23. The Hall–Kier alpha value is -2.31. The van der Waals surface area contributed by atoms with E-state index >= 15 is 0 Å². The lowest BCUT2D eigenvalue weighted by atomic mass is 10.1. The molecule has 7 nitrogen and oxygen atoms in total. The van der Waals surface area contributed by atoms with Crippen molar-refractivity contribution in [3.63, 3.8) is 0 Å². The van der Waals surface area contributed by atoms with E-state index in [2.05, 4.69) is 0 Å². The summed E-state index contributed by atoms with van der Waals surface area (Å²) in [4.78, 5) is 20.9. The molecule has 17 heavy (non-hydrogen) atoms.